The molecule has 1 fully saturated rings. The summed E-state index contributed by atoms with van der Waals surface area (Å²) in [6.45, 7) is 10.1. The topological polar surface area (TPSA) is 154 Å². The van der Waals surface area contributed by atoms with E-state index < -0.39 is 17.2 Å². The Balaban J connectivity index is 1.61. The summed E-state index contributed by atoms with van der Waals surface area (Å²) in [5.74, 6) is -0.502. The van der Waals surface area contributed by atoms with Crippen molar-refractivity contribution in [1.29, 1.82) is 0 Å². The van der Waals surface area contributed by atoms with Crippen LogP contribution >= 0.6 is 0 Å². The quantitative estimate of drug-likeness (QED) is 0.408. The van der Waals surface area contributed by atoms with Crippen LogP contribution in [0.2, 0.25) is 0 Å². The van der Waals surface area contributed by atoms with Gasteiger partial charge in [0.2, 0.25) is 17.7 Å². The zero-order valence-corrected chi connectivity index (χ0v) is 23.3. The Morgan fingerprint density at radius 3 is 2.20 bits per heavy atom. The predicted octanol–water partition coefficient (Wildman–Crippen LogP) is 2.52. The molecule has 3 amide bonds. The fraction of sp³-hybridized carbons (Fsp3) is 0.433. The van der Waals surface area contributed by atoms with Crippen molar-refractivity contribution in [3.8, 4) is 0 Å². The van der Waals surface area contributed by atoms with E-state index in [1.54, 1.807) is 24.1 Å². The fourth-order valence-electron chi connectivity index (χ4n) is 6.47. The average Bonchev–Trinajstić information content (AvgIpc) is 3.60. The number of aryl methyl sites for hydroxylation is 3. The van der Waals surface area contributed by atoms with Gasteiger partial charge in [0.1, 0.15) is 0 Å². The lowest BCUT2D eigenvalue weighted by Gasteiger charge is -2.36. The van der Waals surface area contributed by atoms with Crippen LogP contribution in [-0.2, 0) is 30.1 Å². The number of carbonyl (C=O) groups is 3. The van der Waals surface area contributed by atoms with Crippen LogP contribution in [-0.4, -0.2) is 55.5 Å². The average molecular weight is 555 g/mol. The standard InChI is InChI=1S/C30H34N8O3/c1-18(6-13-26(39)38-14-4-5-25(38)33-2)17-30(29-34-36-37(3)35-29)23-11-9-21(27(31)40)15-19(23)7-8-20-16-22(28(32)41)10-12-24(20)30/h9-12,15-16,18,25H,4-8,13-14,17H2,1,3H3,(H2,31,40)(H2,32,41)/t18-,25-/m0/s1. The largest absolute Gasteiger partial charge is 0.366 e. The first kappa shape index (κ1) is 28.0. The van der Waals surface area contributed by atoms with Gasteiger partial charge in [-0.25, -0.2) is 6.57 Å². The number of primary amides is 2. The Kier molecular flexibility index (Phi) is 7.58. The Labute approximate surface area is 238 Å². The molecule has 212 valence electrons. The highest BCUT2D eigenvalue weighted by atomic mass is 16.2. The second-order valence-electron chi connectivity index (χ2n) is 11.2. The maximum absolute atomic E-state index is 13.1. The molecule has 0 bridgehead atoms. The third kappa shape index (κ3) is 5.17. The van der Waals surface area contributed by atoms with Crippen LogP contribution in [0.3, 0.4) is 0 Å². The van der Waals surface area contributed by atoms with Crippen LogP contribution in [0.4, 0.5) is 0 Å². The fourth-order valence-corrected chi connectivity index (χ4v) is 6.47. The van der Waals surface area contributed by atoms with Gasteiger partial charge in [-0.2, -0.15) is 4.80 Å². The summed E-state index contributed by atoms with van der Waals surface area (Å²) in [4.78, 5) is 44.0. The summed E-state index contributed by atoms with van der Waals surface area (Å²) in [5, 5.41) is 13.4. The predicted molar refractivity (Wildman–Crippen MR) is 150 cm³/mol. The first-order valence-electron chi connectivity index (χ1n) is 13.9. The van der Waals surface area contributed by atoms with Crippen molar-refractivity contribution < 1.29 is 14.4 Å². The molecule has 2 heterocycles. The number of benzene rings is 2. The Morgan fingerprint density at radius 1 is 1.07 bits per heavy atom. The Bertz CT molecular complexity index is 1490. The van der Waals surface area contributed by atoms with E-state index in [2.05, 4.69) is 22.1 Å². The van der Waals surface area contributed by atoms with Gasteiger partial charge in [0.25, 0.3) is 0 Å². The van der Waals surface area contributed by atoms with Crippen LogP contribution in [0.15, 0.2) is 36.4 Å². The van der Waals surface area contributed by atoms with Crippen LogP contribution in [0.1, 0.15) is 87.8 Å². The lowest BCUT2D eigenvalue weighted by molar-refractivity contribution is -0.131. The molecule has 3 aromatic rings. The molecule has 1 aromatic heterocycles. The van der Waals surface area contributed by atoms with Crippen LogP contribution in [0.25, 0.3) is 4.85 Å². The number of carbonyl (C=O) groups excluding carboxylic acids is 3. The normalized spacial score (nSPS) is 18.1. The first-order valence-corrected chi connectivity index (χ1v) is 13.9. The zero-order valence-electron chi connectivity index (χ0n) is 23.3. The number of likely N-dealkylation sites (tertiary alicyclic amines) is 1. The minimum absolute atomic E-state index is 0.000828. The molecule has 41 heavy (non-hydrogen) atoms. The van der Waals surface area contributed by atoms with Gasteiger partial charge in [-0.05, 0) is 89.8 Å². The second-order valence-corrected chi connectivity index (χ2v) is 11.2. The van der Waals surface area contributed by atoms with Gasteiger partial charge in [-0.1, -0.05) is 19.1 Å². The van der Waals surface area contributed by atoms with Gasteiger partial charge < -0.3 is 11.5 Å². The zero-order chi connectivity index (χ0) is 29.3. The molecular weight excluding hydrogens is 520 g/mol. The van der Waals surface area contributed by atoms with Gasteiger partial charge >= 0.3 is 6.17 Å². The van der Waals surface area contributed by atoms with Gasteiger partial charge in [0.15, 0.2) is 5.82 Å². The van der Waals surface area contributed by atoms with E-state index in [0.29, 0.717) is 55.6 Å². The van der Waals surface area contributed by atoms with Crippen LogP contribution in [0.5, 0.6) is 0 Å². The number of rotatable bonds is 8. The van der Waals surface area contributed by atoms with Crippen molar-refractivity contribution >= 4 is 17.7 Å². The molecule has 2 aliphatic rings. The van der Waals surface area contributed by atoms with Crippen molar-refractivity contribution in [3.05, 3.63) is 87.0 Å². The highest BCUT2D eigenvalue weighted by Crippen LogP contribution is 2.48. The minimum Gasteiger partial charge on any atom is -0.366 e. The number of aromatic nitrogens is 4. The molecule has 4 N–H and O–H groups in total. The number of fused-ring (bicyclic) bond motifs is 2. The van der Waals surface area contributed by atoms with Crippen molar-refractivity contribution in [2.75, 3.05) is 6.54 Å². The third-order valence-corrected chi connectivity index (χ3v) is 8.45. The molecule has 0 spiro atoms. The monoisotopic (exact) mass is 554 g/mol. The molecule has 0 unspecified atom stereocenters. The third-order valence-electron chi connectivity index (χ3n) is 8.45. The van der Waals surface area contributed by atoms with Crippen molar-refractivity contribution in [2.45, 2.75) is 63.5 Å². The molecule has 11 heteroatoms. The van der Waals surface area contributed by atoms with E-state index in [4.69, 9.17) is 23.1 Å². The van der Waals surface area contributed by atoms with Crippen molar-refractivity contribution in [3.63, 3.8) is 0 Å². The first-order chi connectivity index (χ1) is 19.6. The summed E-state index contributed by atoms with van der Waals surface area (Å²) in [5.41, 5.74) is 15.0. The minimum atomic E-state index is -0.878. The number of nitrogens with zero attached hydrogens (tertiary/aromatic N) is 6. The molecule has 1 aliphatic heterocycles. The van der Waals surface area contributed by atoms with E-state index in [1.807, 2.05) is 24.3 Å². The summed E-state index contributed by atoms with van der Waals surface area (Å²) >= 11 is 0. The molecule has 0 radical (unpaired) electrons. The van der Waals surface area contributed by atoms with Gasteiger partial charge in [-0.3, -0.25) is 24.1 Å². The summed E-state index contributed by atoms with van der Waals surface area (Å²) in [7, 11) is 1.71. The number of hydrogen-bond acceptors (Lipinski definition) is 6. The molecular formula is C30H34N8O3. The summed E-state index contributed by atoms with van der Waals surface area (Å²) in [6.07, 6.45) is 3.89. The Morgan fingerprint density at radius 2 is 1.68 bits per heavy atom. The molecule has 2 aromatic carbocycles. The highest BCUT2D eigenvalue weighted by Gasteiger charge is 2.46. The molecule has 2 atom stereocenters. The maximum atomic E-state index is 13.1. The van der Waals surface area contributed by atoms with Crippen molar-refractivity contribution in [1.82, 2.24) is 25.1 Å². The van der Waals surface area contributed by atoms with E-state index in [9.17, 15) is 14.4 Å². The summed E-state index contributed by atoms with van der Waals surface area (Å²) in [6, 6.07) is 10.9. The van der Waals surface area contributed by atoms with Gasteiger partial charge in [0, 0.05) is 30.5 Å². The van der Waals surface area contributed by atoms with E-state index >= 15 is 0 Å². The second kappa shape index (κ2) is 11.1. The molecule has 1 saturated heterocycles. The number of tetrazole rings is 1. The SMILES string of the molecule is [C-]#[N+][C@@H]1CCCN1C(=O)CC[C@H](C)CC1(c2nnn(C)n2)c2ccc(C(N)=O)cc2CCc2cc(C(N)=O)ccc21. The Hall–Kier alpha value is -4.59. The molecule has 11 nitrogen and oxygen atoms in total. The van der Waals surface area contributed by atoms with E-state index in [1.165, 1.54) is 4.80 Å². The lowest BCUT2D eigenvalue weighted by Crippen LogP contribution is -2.36. The maximum Gasteiger partial charge on any atom is 0.300 e. The molecule has 0 saturated carbocycles. The number of hydrogen-bond donors (Lipinski definition) is 2. The van der Waals surface area contributed by atoms with Gasteiger partial charge in [0.05, 0.1) is 12.5 Å². The van der Waals surface area contributed by atoms with E-state index in [-0.39, 0.29) is 18.0 Å². The van der Waals surface area contributed by atoms with Crippen LogP contribution in [0, 0.1) is 12.5 Å². The van der Waals surface area contributed by atoms with Crippen LogP contribution < -0.4 is 11.5 Å². The lowest BCUT2D eigenvalue weighted by atomic mass is 9.66. The van der Waals surface area contributed by atoms with E-state index in [0.717, 1.165) is 35.1 Å². The molecule has 1 aliphatic carbocycles. The number of amides is 3. The highest BCUT2D eigenvalue weighted by molar-refractivity contribution is 5.94. The molecule has 5 rings (SSSR count). The van der Waals surface area contributed by atoms with Crippen molar-refractivity contribution in [2.24, 2.45) is 24.4 Å². The summed E-state index contributed by atoms with van der Waals surface area (Å²) < 4.78 is 0. The number of nitrogens with two attached hydrogens (primary N) is 2. The smallest absolute Gasteiger partial charge is 0.300 e. The van der Waals surface area contributed by atoms with Gasteiger partial charge in [-0.15, -0.1) is 10.2 Å².